The summed E-state index contributed by atoms with van der Waals surface area (Å²) in [4.78, 5) is 25.5. The number of anilines is 1. The van der Waals surface area contributed by atoms with Crippen LogP contribution in [-0.4, -0.2) is 38.6 Å². The molecule has 1 aromatic carbocycles. The fourth-order valence-electron chi connectivity index (χ4n) is 2.33. The monoisotopic (exact) mass is 294 g/mol. The van der Waals surface area contributed by atoms with E-state index in [4.69, 9.17) is 4.74 Å². The van der Waals surface area contributed by atoms with Crippen LogP contribution in [0.3, 0.4) is 0 Å². The summed E-state index contributed by atoms with van der Waals surface area (Å²) in [5.41, 5.74) is 0.621. The predicted molar refractivity (Wildman–Crippen MR) is 76.4 cm³/mol. The number of amides is 2. The first-order valence-corrected chi connectivity index (χ1v) is 6.94. The van der Waals surface area contributed by atoms with Crippen LogP contribution in [-0.2, 0) is 14.3 Å². The first-order chi connectivity index (χ1) is 10.1. The van der Waals surface area contributed by atoms with Crippen molar-refractivity contribution in [1.29, 1.82) is 0 Å². The molecule has 1 aliphatic heterocycles. The van der Waals surface area contributed by atoms with Crippen LogP contribution in [0.15, 0.2) is 24.3 Å². The molecule has 1 saturated heterocycles. The first kappa shape index (κ1) is 15.4. The summed E-state index contributed by atoms with van der Waals surface area (Å²) < 4.78 is 17.8. The molecule has 6 heteroatoms. The van der Waals surface area contributed by atoms with Gasteiger partial charge in [-0.05, 0) is 30.7 Å². The molecule has 5 nitrogen and oxygen atoms in total. The van der Waals surface area contributed by atoms with Crippen molar-refractivity contribution in [2.24, 2.45) is 5.92 Å². The Morgan fingerprint density at radius 3 is 2.81 bits per heavy atom. The molecule has 1 atom stereocenters. The molecule has 0 saturated carbocycles. The average Bonchev–Trinajstić information content (AvgIpc) is 2.86. The minimum absolute atomic E-state index is 0.112. The minimum atomic E-state index is -0.356. The third-order valence-electron chi connectivity index (χ3n) is 3.46. The molecule has 0 aliphatic carbocycles. The summed E-state index contributed by atoms with van der Waals surface area (Å²) in [5, 5.41) is 2.80. The van der Waals surface area contributed by atoms with Crippen molar-refractivity contribution in [2.75, 3.05) is 31.7 Å². The molecule has 2 rings (SSSR count). The first-order valence-electron chi connectivity index (χ1n) is 6.94. The van der Waals surface area contributed by atoms with E-state index in [-0.39, 0.29) is 30.0 Å². The maximum atomic E-state index is 12.9. The van der Waals surface area contributed by atoms with E-state index in [1.165, 1.54) is 17.0 Å². The molecule has 1 aliphatic rings. The van der Waals surface area contributed by atoms with Crippen LogP contribution in [0.1, 0.15) is 12.8 Å². The van der Waals surface area contributed by atoms with Gasteiger partial charge in [0, 0.05) is 38.9 Å². The highest BCUT2D eigenvalue weighted by molar-refractivity contribution is 6.00. The van der Waals surface area contributed by atoms with E-state index in [1.54, 1.807) is 19.2 Å². The normalized spacial score (nSPS) is 18.1. The van der Waals surface area contributed by atoms with E-state index in [0.717, 1.165) is 6.42 Å². The van der Waals surface area contributed by atoms with Crippen molar-refractivity contribution in [1.82, 2.24) is 5.32 Å². The summed E-state index contributed by atoms with van der Waals surface area (Å²) in [5.74, 6) is -0.939. The number of methoxy groups -OCH3 is 1. The topological polar surface area (TPSA) is 58.6 Å². The zero-order valence-corrected chi connectivity index (χ0v) is 12.0. The van der Waals surface area contributed by atoms with Crippen molar-refractivity contribution < 1.29 is 18.7 Å². The molecule has 1 unspecified atom stereocenters. The average molecular weight is 294 g/mol. The molecule has 1 fully saturated rings. The van der Waals surface area contributed by atoms with Gasteiger partial charge in [0.1, 0.15) is 5.82 Å². The predicted octanol–water partition coefficient (Wildman–Crippen LogP) is 1.33. The summed E-state index contributed by atoms with van der Waals surface area (Å²) in [6, 6.07) is 5.71. The molecular formula is C15H19FN2O3. The number of benzene rings is 1. The highest BCUT2D eigenvalue weighted by Crippen LogP contribution is 2.25. The quantitative estimate of drug-likeness (QED) is 0.805. The number of ether oxygens (including phenoxy) is 1. The molecular weight excluding hydrogens is 275 g/mol. The molecule has 1 N–H and O–H groups in total. The van der Waals surface area contributed by atoms with Crippen molar-refractivity contribution >= 4 is 17.5 Å². The number of nitrogens with zero attached hydrogens (tertiary/aromatic N) is 1. The Kier molecular flexibility index (Phi) is 5.27. The van der Waals surface area contributed by atoms with Crippen LogP contribution in [0.2, 0.25) is 0 Å². The van der Waals surface area contributed by atoms with E-state index in [9.17, 15) is 14.0 Å². The van der Waals surface area contributed by atoms with Crippen molar-refractivity contribution in [3.8, 4) is 0 Å². The molecule has 0 aromatic heterocycles. The third kappa shape index (κ3) is 4.01. The van der Waals surface area contributed by atoms with Crippen molar-refractivity contribution in [2.45, 2.75) is 12.8 Å². The van der Waals surface area contributed by atoms with Crippen molar-refractivity contribution in [3.63, 3.8) is 0 Å². The number of rotatable bonds is 6. The Labute approximate surface area is 123 Å². The van der Waals surface area contributed by atoms with E-state index >= 15 is 0 Å². The van der Waals surface area contributed by atoms with Gasteiger partial charge < -0.3 is 15.0 Å². The van der Waals surface area contributed by atoms with Crippen LogP contribution in [0, 0.1) is 11.7 Å². The third-order valence-corrected chi connectivity index (χ3v) is 3.46. The van der Waals surface area contributed by atoms with Gasteiger partial charge in [0.2, 0.25) is 11.8 Å². The maximum Gasteiger partial charge on any atom is 0.227 e. The Bertz CT molecular complexity index is 504. The number of carbonyl (C=O) groups is 2. The van der Waals surface area contributed by atoms with Gasteiger partial charge in [-0.15, -0.1) is 0 Å². The SMILES string of the molecule is COCCCNC(=O)C1CC(=O)N(c2ccc(F)cc2)C1. The Morgan fingerprint density at radius 1 is 1.43 bits per heavy atom. The van der Waals surface area contributed by atoms with Crippen LogP contribution >= 0.6 is 0 Å². The zero-order valence-electron chi connectivity index (χ0n) is 12.0. The number of hydrogen-bond donors (Lipinski definition) is 1. The Hall–Kier alpha value is -1.95. The van der Waals surface area contributed by atoms with E-state index < -0.39 is 0 Å². The Balaban J connectivity index is 1.90. The molecule has 21 heavy (non-hydrogen) atoms. The molecule has 1 heterocycles. The van der Waals surface area contributed by atoms with Crippen LogP contribution < -0.4 is 10.2 Å². The second kappa shape index (κ2) is 7.17. The molecule has 0 spiro atoms. The second-order valence-corrected chi connectivity index (χ2v) is 5.02. The standard InChI is InChI=1S/C15H19FN2O3/c1-21-8-2-7-17-15(20)11-9-14(19)18(10-11)13-5-3-12(16)4-6-13/h3-6,11H,2,7-10H2,1H3,(H,17,20). The largest absolute Gasteiger partial charge is 0.385 e. The lowest BCUT2D eigenvalue weighted by molar-refractivity contribution is -0.126. The molecule has 0 radical (unpaired) electrons. The van der Waals surface area contributed by atoms with Gasteiger partial charge in [-0.1, -0.05) is 0 Å². The lowest BCUT2D eigenvalue weighted by Crippen LogP contribution is -2.33. The van der Waals surface area contributed by atoms with Gasteiger partial charge in [0.05, 0.1) is 5.92 Å². The summed E-state index contributed by atoms with van der Waals surface area (Å²) in [6.45, 7) is 1.46. The number of halogens is 1. The fraction of sp³-hybridized carbons (Fsp3) is 0.467. The van der Waals surface area contributed by atoms with Crippen molar-refractivity contribution in [3.05, 3.63) is 30.1 Å². The summed E-state index contributed by atoms with van der Waals surface area (Å²) in [6.07, 6.45) is 0.929. The number of carbonyl (C=O) groups excluding carboxylic acids is 2. The zero-order chi connectivity index (χ0) is 15.2. The van der Waals surface area contributed by atoms with Crippen LogP contribution in [0.4, 0.5) is 10.1 Å². The highest BCUT2D eigenvalue weighted by atomic mass is 19.1. The second-order valence-electron chi connectivity index (χ2n) is 5.02. The molecule has 1 aromatic rings. The van der Waals surface area contributed by atoms with E-state index in [0.29, 0.717) is 25.4 Å². The number of nitrogens with one attached hydrogen (secondary N) is 1. The Morgan fingerprint density at radius 2 is 2.14 bits per heavy atom. The van der Waals surface area contributed by atoms with Gasteiger partial charge in [0.15, 0.2) is 0 Å². The van der Waals surface area contributed by atoms with Gasteiger partial charge in [-0.2, -0.15) is 0 Å². The highest BCUT2D eigenvalue weighted by Gasteiger charge is 2.34. The van der Waals surface area contributed by atoms with Gasteiger partial charge in [-0.25, -0.2) is 4.39 Å². The molecule has 2 amide bonds. The van der Waals surface area contributed by atoms with Gasteiger partial charge >= 0.3 is 0 Å². The molecule has 0 bridgehead atoms. The lowest BCUT2D eigenvalue weighted by atomic mass is 10.1. The fourth-order valence-corrected chi connectivity index (χ4v) is 2.33. The van der Waals surface area contributed by atoms with Crippen LogP contribution in [0.25, 0.3) is 0 Å². The van der Waals surface area contributed by atoms with E-state index in [2.05, 4.69) is 5.32 Å². The molecule has 114 valence electrons. The van der Waals surface area contributed by atoms with Crippen LogP contribution in [0.5, 0.6) is 0 Å². The smallest absolute Gasteiger partial charge is 0.227 e. The van der Waals surface area contributed by atoms with E-state index in [1.807, 2.05) is 0 Å². The minimum Gasteiger partial charge on any atom is -0.385 e. The van der Waals surface area contributed by atoms with Gasteiger partial charge in [-0.3, -0.25) is 9.59 Å². The maximum absolute atomic E-state index is 12.9. The lowest BCUT2D eigenvalue weighted by Gasteiger charge is -2.16. The number of hydrogen-bond acceptors (Lipinski definition) is 3. The summed E-state index contributed by atoms with van der Waals surface area (Å²) in [7, 11) is 1.61. The van der Waals surface area contributed by atoms with Gasteiger partial charge in [0.25, 0.3) is 0 Å². The summed E-state index contributed by atoms with van der Waals surface area (Å²) >= 11 is 0.